The molecule has 1 atom stereocenters. The van der Waals surface area contributed by atoms with Crippen LogP contribution >= 0.6 is 0 Å². The van der Waals surface area contributed by atoms with Crippen LogP contribution in [0.15, 0.2) is 69.9 Å². The second kappa shape index (κ2) is 20.5. The van der Waals surface area contributed by atoms with Gasteiger partial charge >= 0.3 is 0 Å². The van der Waals surface area contributed by atoms with Gasteiger partial charge in [0.1, 0.15) is 6.10 Å². The first-order valence-electron chi connectivity index (χ1n) is 21.4. The second-order valence-corrected chi connectivity index (χ2v) is 16.6. The van der Waals surface area contributed by atoms with E-state index in [1.165, 1.54) is 0 Å². The van der Waals surface area contributed by atoms with Gasteiger partial charge in [-0.05, 0) is 54.6 Å². The molecule has 0 fully saturated rings. The number of allylic oxidation sites excluding steroid dienone is 4. The van der Waals surface area contributed by atoms with E-state index < -0.39 is 241 Å². The van der Waals surface area contributed by atoms with Gasteiger partial charge in [-0.25, -0.2) is 120 Å². The minimum absolute atomic E-state index is 0.130. The highest BCUT2D eigenvalue weighted by atomic mass is 19.2. The van der Waals surface area contributed by atoms with E-state index in [1.807, 2.05) is 4.98 Å². The number of nitrogens with one attached hydrogen (secondary N) is 2. The maximum Gasteiger partial charge on any atom is 0.200 e. The molecule has 418 valence electrons. The van der Waals surface area contributed by atoms with Crippen LogP contribution in [0.4, 0.5) is 110 Å². The predicted molar refractivity (Wildman–Crippen MR) is 228 cm³/mol. The highest BCUT2D eigenvalue weighted by Gasteiger charge is 2.37. The Morgan fingerprint density at radius 3 is 1.09 bits per heavy atom. The number of aliphatic imine (C=N–C) groups is 2. The highest BCUT2D eigenvalue weighted by Crippen LogP contribution is 2.40. The van der Waals surface area contributed by atoms with Gasteiger partial charge in [-0.15, -0.1) is 0 Å². The van der Waals surface area contributed by atoms with Crippen molar-refractivity contribution < 1.29 is 115 Å². The van der Waals surface area contributed by atoms with Gasteiger partial charge in [-0.2, -0.15) is 0 Å². The molecular weight excluding hydrogens is 1160 g/mol. The van der Waals surface area contributed by atoms with Crippen LogP contribution in [0.5, 0.6) is 0 Å². The number of aliphatic hydroxyl groups is 1. The molecule has 2 aliphatic rings. The third-order valence-corrected chi connectivity index (χ3v) is 12.0. The molecular formula is C51H13F25N4O. The summed E-state index contributed by atoms with van der Waals surface area (Å²) in [6.45, 7) is 0. The summed E-state index contributed by atoms with van der Waals surface area (Å²) in [6, 6.07) is 1.92. The van der Waals surface area contributed by atoms with Crippen LogP contribution < -0.4 is 10.7 Å². The standard InChI is InChI=1S/C51H13F25N4O/c52-26-11(27(53)37(63)46(72)36(26)62)9-10-1-2-12(77-10)19(22-28(54)38(64)47(73)39(65)29(22)55)13-3-4-14(78-13)20(23-30(56)40(66)48(74)41(67)31(23)57)15-5-6-16(79-15)21(24-32(58)42(68)49(75)43(69)33(24)59)17-7-8-18(80-17)51(81)25-34(60)44(70)50(76)45(71)35(25)61/h1-9,51,78,80-81H/b10-9-,19-13+,20-14-,21-16-. The summed E-state index contributed by atoms with van der Waals surface area (Å²) in [5, 5.41) is 8.59. The van der Waals surface area contributed by atoms with E-state index in [1.54, 1.807) is 0 Å². The molecule has 0 amide bonds. The second-order valence-electron chi connectivity index (χ2n) is 16.6. The SMILES string of the molecule is OC(c1ccc(/C(=C2\C=CC(C(/c3c(F)c(F)c(F)c(F)c3F)=c3\cc/c(=C(C4=N/C(=C\c5c(F)c(F)c(F)c(F)c5F)C=C4)\c4c(F)c(F)c(F)c(F)c4F)[nH]3)=N2)c2c(F)c(F)c(F)c(F)c2F)[nH]1)c1c(F)c(F)c(F)c(F)c1F. The molecule has 0 aliphatic carbocycles. The van der Waals surface area contributed by atoms with Crippen molar-refractivity contribution >= 4 is 34.2 Å². The molecule has 2 aliphatic heterocycles. The lowest BCUT2D eigenvalue weighted by Gasteiger charge is -2.15. The molecule has 81 heavy (non-hydrogen) atoms. The fourth-order valence-electron chi connectivity index (χ4n) is 8.23. The zero-order valence-electron chi connectivity index (χ0n) is 38.1. The fraction of sp³-hybridized carbons (Fsp3) is 0.0196. The minimum Gasteiger partial charge on any atom is -0.382 e. The number of benzene rings is 5. The summed E-state index contributed by atoms with van der Waals surface area (Å²) >= 11 is 0. The molecule has 0 radical (unpaired) electrons. The third kappa shape index (κ3) is 8.86. The largest absolute Gasteiger partial charge is 0.382 e. The molecule has 5 aromatic carbocycles. The van der Waals surface area contributed by atoms with Crippen molar-refractivity contribution in [3.05, 3.63) is 255 Å². The Balaban J connectivity index is 1.36. The van der Waals surface area contributed by atoms with E-state index in [4.69, 9.17) is 0 Å². The maximum atomic E-state index is 16.0. The summed E-state index contributed by atoms with van der Waals surface area (Å²) in [4.78, 5) is 11.6. The number of H-pyrrole nitrogens is 2. The molecule has 0 saturated heterocycles. The van der Waals surface area contributed by atoms with Crippen LogP contribution in [0.25, 0.3) is 22.8 Å². The molecule has 0 spiro atoms. The van der Waals surface area contributed by atoms with Gasteiger partial charge in [0, 0.05) is 38.8 Å². The minimum atomic E-state index is -2.99. The Morgan fingerprint density at radius 1 is 0.346 bits per heavy atom. The number of aromatic nitrogens is 2. The van der Waals surface area contributed by atoms with Crippen molar-refractivity contribution in [2.45, 2.75) is 6.10 Å². The normalized spacial score (nSPS) is 15.6. The van der Waals surface area contributed by atoms with Gasteiger partial charge in [0.25, 0.3) is 0 Å². The van der Waals surface area contributed by atoms with Gasteiger partial charge in [0.2, 0.25) is 29.1 Å². The van der Waals surface area contributed by atoms with Crippen LogP contribution in [-0.4, -0.2) is 26.5 Å². The number of nitrogens with zero attached hydrogens (tertiary/aromatic N) is 2. The number of rotatable bonds is 9. The van der Waals surface area contributed by atoms with Gasteiger partial charge < -0.3 is 15.1 Å². The van der Waals surface area contributed by atoms with E-state index in [0.717, 1.165) is 0 Å². The number of aromatic amines is 2. The first-order chi connectivity index (χ1) is 38.0. The maximum absolute atomic E-state index is 16.0. The summed E-state index contributed by atoms with van der Waals surface area (Å²) in [7, 11) is 0. The molecule has 3 N–H and O–H groups in total. The van der Waals surface area contributed by atoms with E-state index in [2.05, 4.69) is 15.0 Å². The smallest absolute Gasteiger partial charge is 0.200 e. The summed E-state index contributed by atoms with van der Waals surface area (Å²) in [5.74, 6) is -67.2. The highest BCUT2D eigenvalue weighted by molar-refractivity contribution is 6.31. The van der Waals surface area contributed by atoms with E-state index in [-0.39, 0.29) is 6.08 Å². The Hall–Kier alpha value is -9.09. The number of aliphatic hydroxyl groups excluding tert-OH is 1. The van der Waals surface area contributed by atoms with Crippen molar-refractivity contribution in [1.82, 2.24) is 9.97 Å². The van der Waals surface area contributed by atoms with Crippen molar-refractivity contribution in [3.63, 3.8) is 0 Å². The van der Waals surface area contributed by atoms with Gasteiger partial charge in [0.05, 0.1) is 50.6 Å². The van der Waals surface area contributed by atoms with Crippen molar-refractivity contribution in [2.24, 2.45) is 9.98 Å². The van der Waals surface area contributed by atoms with Gasteiger partial charge in [-0.1, -0.05) is 0 Å². The average Bonchev–Trinajstić information content (AvgIpc) is 4.04. The molecule has 5 nitrogen and oxygen atoms in total. The van der Waals surface area contributed by atoms with Crippen LogP contribution in [0.2, 0.25) is 0 Å². The summed E-state index contributed by atoms with van der Waals surface area (Å²) in [6.07, 6.45) is -0.853. The number of hydrogen-bond donors (Lipinski definition) is 3. The third-order valence-electron chi connectivity index (χ3n) is 12.0. The molecule has 30 heteroatoms. The first-order valence-corrected chi connectivity index (χ1v) is 21.4. The average molecular weight is 1170 g/mol. The summed E-state index contributed by atoms with van der Waals surface area (Å²) < 4.78 is 371. The lowest BCUT2D eigenvalue weighted by atomic mass is 9.98. The number of halogens is 25. The number of hydrogen-bond acceptors (Lipinski definition) is 3. The fourth-order valence-corrected chi connectivity index (χ4v) is 8.23. The van der Waals surface area contributed by atoms with Crippen LogP contribution in [0, 0.1) is 145 Å². The quantitative estimate of drug-likeness (QED) is 0.0752. The summed E-state index contributed by atoms with van der Waals surface area (Å²) in [5.41, 5.74) is -20.8. The van der Waals surface area contributed by atoms with Crippen molar-refractivity contribution in [3.8, 4) is 0 Å². The van der Waals surface area contributed by atoms with Crippen LogP contribution in [0.1, 0.15) is 45.3 Å². The van der Waals surface area contributed by atoms with Crippen molar-refractivity contribution in [2.75, 3.05) is 0 Å². The molecule has 9 rings (SSSR count). The predicted octanol–water partition coefficient (Wildman–Crippen LogP) is 12.8. The topological polar surface area (TPSA) is 76.5 Å². The Bertz CT molecular complexity index is 4170. The molecule has 1 unspecified atom stereocenters. The molecule has 0 saturated carbocycles. The molecule has 4 heterocycles. The Labute approximate surface area is 430 Å². The van der Waals surface area contributed by atoms with E-state index >= 15 is 35.1 Å². The molecule has 2 aromatic heterocycles. The Morgan fingerprint density at radius 2 is 0.679 bits per heavy atom. The first kappa shape index (κ1) is 56.6. The van der Waals surface area contributed by atoms with E-state index in [9.17, 15) is 79.7 Å². The monoisotopic (exact) mass is 1170 g/mol. The molecule has 7 aromatic rings. The van der Waals surface area contributed by atoms with Crippen LogP contribution in [0.3, 0.4) is 0 Å². The van der Waals surface area contributed by atoms with Crippen molar-refractivity contribution in [1.29, 1.82) is 0 Å². The molecule has 0 bridgehead atoms. The Kier molecular flexibility index (Phi) is 14.4. The lowest BCUT2D eigenvalue weighted by molar-refractivity contribution is 0.199. The van der Waals surface area contributed by atoms with Gasteiger partial charge in [-0.3, -0.25) is 0 Å². The zero-order valence-corrected chi connectivity index (χ0v) is 38.1. The zero-order chi connectivity index (χ0) is 59.4. The van der Waals surface area contributed by atoms with Gasteiger partial charge in [0.15, 0.2) is 116 Å². The lowest BCUT2D eigenvalue weighted by Crippen LogP contribution is -2.24. The van der Waals surface area contributed by atoms with Crippen LogP contribution in [-0.2, 0) is 0 Å². The van der Waals surface area contributed by atoms with E-state index in [0.29, 0.717) is 48.6 Å².